The van der Waals surface area contributed by atoms with E-state index in [0.29, 0.717) is 12.8 Å². The number of benzene rings is 2. The molecule has 1 fully saturated rings. The lowest BCUT2D eigenvalue weighted by atomic mass is 10.1. The van der Waals surface area contributed by atoms with Gasteiger partial charge in [0.25, 0.3) is 0 Å². The molecule has 1 saturated heterocycles. The first-order valence-electron chi connectivity index (χ1n) is 11.9. The van der Waals surface area contributed by atoms with Gasteiger partial charge in [0.2, 0.25) is 5.91 Å². The number of carbonyl (C=O) groups is 1. The molecule has 34 heavy (non-hydrogen) atoms. The molecule has 0 radical (unpaired) electrons. The number of likely N-dealkylation sites (tertiary alicyclic amines) is 1. The molecule has 174 valence electrons. The Balaban J connectivity index is 1.20. The summed E-state index contributed by atoms with van der Waals surface area (Å²) in [6.07, 6.45) is 8.80. The maximum atomic E-state index is 12.7. The van der Waals surface area contributed by atoms with Crippen molar-refractivity contribution in [1.29, 1.82) is 0 Å². The zero-order valence-electron chi connectivity index (χ0n) is 19.2. The van der Waals surface area contributed by atoms with E-state index in [1.165, 1.54) is 25.9 Å². The molecular weight excluding hydrogens is 426 g/mol. The highest BCUT2D eigenvalue weighted by molar-refractivity contribution is 5.93. The number of para-hydroxylation sites is 1. The molecule has 0 bridgehead atoms. The fourth-order valence-electron chi connectivity index (χ4n) is 4.36. The average molecular weight is 456 g/mol. The first-order valence-corrected chi connectivity index (χ1v) is 11.9. The first kappa shape index (κ1) is 22.1. The van der Waals surface area contributed by atoms with E-state index in [2.05, 4.69) is 20.3 Å². The smallest absolute Gasteiger partial charge is 0.224 e. The van der Waals surface area contributed by atoms with Gasteiger partial charge in [-0.25, -0.2) is 0 Å². The Morgan fingerprint density at radius 3 is 2.71 bits per heavy atom. The Morgan fingerprint density at radius 1 is 1.00 bits per heavy atom. The second kappa shape index (κ2) is 10.5. The van der Waals surface area contributed by atoms with Crippen molar-refractivity contribution < 1.29 is 9.53 Å². The predicted molar refractivity (Wildman–Crippen MR) is 133 cm³/mol. The summed E-state index contributed by atoms with van der Waals surface area (Å²) in [4.78, 5) is 19.4. The van der Waals surface area contributed by atoms with Crippen LogP contribution in [0.2, 0.25) is 0 Å². The number of pyridine rings is 1. The number of nitrogens with one attached hydrogen (secondary N) is 1. The van der Waals surface area contributed by atoms with Gasteiger partial charge in [0.05, 0.1) is 18.3 Å². The van der Waals surface area contributed by atoms with Gasteiger partial charge in [-0.2, -0.15) is 5.10 Å². The molecule has 5 rings (SSSR count). The zero-order valence-corrected chi connectivity index (χ0v) is 19.2. The van der Waals surface area contributed by atoms with Gasteiger partial charge in [-0.1, -0.05) is 18.2 Å². The van der Waals surface area contributed by atoms with E-state index in [4.69, 9.17) is 4.74 Å². The predicted octanol–water partition coefficient (Wildman–Crippen LogP) is 4.89. The van der Waals surface area contributed by atoms with Crippen molar-refractivity contribution in [3.8, 4) is 11.5 Å². The van der Waals surface area contributed by atoms with Crippen LogP contribution in [0.15, 0.2) is 73.2 Å². The molecule has 4 aromatic rings. The molecule has 0 aliphatic carbocycles. The van der Waals surface area contributed by atoms with Gasteiger partial charge >= 0.3 is 0 Å². The average Bonchev–Trinajstić information content (AvgIpc) is 3.53. The minimum absolute atomic E-state index is 0.0444. The van der Waals surface area contributed by atoms with E-state index in [0.717, 1.165) is 46.7 Å². The number of carbonyl (C=O) groups excluding carboxylic acids is 1. The van der Waals surface area contributed by atoms with Crippen LogP contribution >= 0.6 is 0 Å². The summed E-state index contributed by atoms with van der Waals surface area (Å²) < 4.78 is 8.02. The lowest BCUT2D eigenvalue weighted by Crippen LogP contribution is -2.24. The summed E-state index contributed by atoms with van der Waals surface area (Å²) in [5.41, 5.74) is 2.73. The van der Waals surface area contributed by atoms with Gasteiger partial charge in [-0.05, 0) is 68.8 Å². The molecule has 2 aromatic carbocycles. The monoisotopic (exact) mass is 455 g/mol. The Bertz CT molecular complexity index is 1250. The van der Waals surface area contributed by atoms with E-state index in [1.54, 1.807) is 12.4 Å². The highest BCUT2D eigenvalue weighted by Gasteiger charge is 2.13. The van der Waals surface area contributed by atoms with Crippen molar-refractivity contribution in [3.63, 3.8) is 0 Å². The number of rotatable bonds is 9. The van der Waals surface area contributed by atoms with E-state index in [1.807, 2.05) is 65.5 Å². The third-order valence-corrected chi connectivity index (χ3v) is 6.21. The number of ether oxygens (including phenoxy) is 1. The molecular formula is C27H29N5O2. The van der Waals surface area contributed by atoms with Gasteiger partial charge in [0, 0.05) is 42.0 Å². The Hall–Kier alpha value is -3.71. The van der Waals surface area contributed by atoms with Crippen LogP contribution in [0.3, 0.4) is 0 Å². The fraction of sp³-hybridized carbons (Fsp3) is 0.296. The van der Waals surface area contributed by atoms with Crippen LogP contribution < -0.4 is 10.1 Å². The van der Waals surface area contributed by atoms with Gasteiger partial charge < -0.3 is 15.0 Å². The van der Waals surface area contributed by atoms with Crippen molar-refractivity contribution in [2.75, 3.05) is 25.0 Å². The second-order valence-electron chi connectivity index (χ2n) is 8.64. The molecule has 0 atom stereocenters. The first-order chi connectivity index (χ1) is 16.7. The number of aromatic nitrogens is 3. The van der Waals surface area contributed by atoms with Crippen molar-refractivity contribution in [3.05, 3.63) is 78.8 Å². The normalized spacial score (nSPS) is 13.9. The standard InChI is InChI=1S/C27H29N5O2/c33-27(11-9-22-19-28-13-12-26(22)34-24-6-2-1-3-7-24)30-23-10-8-21-20-29-32(25(21)18-23)17-16-31-14-4-5-15-31/h1-3,6-8,10,12-13,18-20H,4-5,9,11,14-17H2,(H,30,33). The highest BCUT2D eigenvalue weighted by Crippen LogP contribution is 2.25. The van der Waals surface area contributed by atoms with Crippen LogP contribution in [0.5, 0.6) is 11.5 Å². The van der Waals surface area contributed by atoms with Crippen molar-refractivity contribution >= 4 is 22.5 Å². The summed E-state index contributed by atoms with van der Waals surface area (Å²) in [6, 6.07) is 17.4. The largest absolute Gasteiger partial charge is 0.457 e. The number of hydrogen-bond donors (Lipinski definition) is 1. The van der Waals surface area contributed by atoms with Crippen LogP contribution in [-0.4, -0.2) is 45.2 Å². The summed E-state index contributed by atoms with van der Waals surface area (Å²) in [5, 5.41) is 8.67. The minimum Gasteiger partial charge on any atom is -0.457 e. The molecule has 7 heteroatoms. The number of nitrogens with zero attached hydrogens (tertiary/aromatic N) is 4. The number of anilines is 1. The van der Waals surface area contributed by atoms with Crippen molar-refractivity contribution in [2.45, 2.75) is 32.2 Å². The number of aryl methyl sites for hydroxylation is 1. The lowest BCUT2D eigenvalue weighted by Gasteiger charge is -2.14. The second-order valence-corrected chi connectivity index (χ2v) is 8.64. The van der Waals surface area contributed by atoms with Crippen molar-refractivity contribution in [2.24, 2.45) is 0 Å². The van der Waals surface area contributed by atoms with E-state index >= 15 is 0 Å². The molecule has 1 aliphatic rings. The topological polar surface area (TPSA) is 72.3 Å². The maximum absolute atomic E-state index is 12.7. The Kier molecular flexibility index (Phi) is 6.81. The summed E-state index contributed by atoms with van der Waals surface area (Å²) in [5.74, 6) is 1.43. The number of fused-ring (bicyclic) bond motifs is 1. The summed E-state index contributed by atoms with van der Waals surface area (Å²) in [7, 11) is 0. The SMILES string of the molecule is O=C(CCc1cnccc1Oc1ccccc1)Nc1ccc2cnn(CCN3CCCC3)c2c1. The van der Waals surface area contributed by atoms with E-state index < -0.39 is 0 Å². The molecule has 0 saturated carbocycles. The minimum atomic E-state index is -0.0444. The van der Waals surface area contributed by atoms with Gasteiger partial charge in [-0.3, -0.25) is 14.5 Å². The van der Waals surface area contributed by atoms with E-state index in [9.17, 15) is 4.79 Å². The molecule has 1 N–H and O–H groups in total. The summed E-state index contributed by atoms with van der Waals surface area (Å²) in [6.45, 7) is 4.21. The molecule has 3 heterocycles. The third kappa shape index (κ3) is 5.43. The quantitative estimate of drug-likeness (QED) is 0.389. The summed E-state index contributed by atoms with van der Waals surface area (Å²) >= 11 is 0. The van der Waals surface area contributed by atoms with Crippen molar-refractivity contribution in [1.82, 2.24) is 19.7 Å². The van der Waals surface area contributed by atoms with E-state index in [-0.39, 0.29) is 5.91 Å². The molecule has 1 amide bonds. The molecule has 2 aromatic heterocycles. The third-order valence-electron chi connectivity index (χ3n) is 6.21. The van der Waals surface area contributed by atoms with Crippen LogP contribution in [0.25, 0.3) is 10.9 Å². The van der Waals surface area contributed by atoms with Crippen LogP contribution in [0, 0.1) is 0 Å². The van der Waals surface area contributed by atoms with Gasteiger partial charge in [0.1, 0.15) is 11.5 Å². The van der Waals surface area contributed by atoms with Gasteiger partial charge in [-0.15, -0.1) is 0 Å². The van der Waals surface area contributed by atoms with Crippen LogP contribution in [0.1, 0.15) is 24.8 Å². The van der Waals surface area contributed by atoms with Crippen LogP contribution in [0.4, 0.5) is 5.69 Å². The zero-order chi connectivity index (χ0) is 23.2. The fourth-order valence-corrected chi connectivity index (χ4v) is 4.36. The van der Waals surface area contributed by atoms with Crippen LogP contribution in [-0.2, 0) is 17.8 Å². The molecule has 0 unspecified atom stereocenters. The number of hydrogen-bond acceptors (Lipinski definition) is 5. The Labute approximate surface area is 199 Å². The lowest BCUT2D eigenvalue weighted by molar-refractivity contribution is -0.116. The maximum Gasteiger partial charge on any atom is 0.224 e. The molecule has 7 nitrogen and oxygen atoms in total. The molecule has 0 spiro atoms. The highest BCUT2D eigenvalue weighted by atomic mass is 16.5. The molecule has 1 aliphatic heterocycles. The van der Waals surface area contributed by atoms with Gasteiger partial charge in [0.15, 0.2) is 0 Å². The Morgan fingerprint density at radius 2 is 1.85 bits per heavy atom. The number of amides is 1.